The zero-order valence-corrected chi connectivity index (χ0v) is 11.6. The Morgan fingerprint density at radius 1 is 1.40 bits per heavy atom. The van der Waals surface area contributed by atoms with Gasteiger partial charge in [0.2, 0.25) is 0 Å². The van der Waals surface area contributed by atoms with Crippen molar-refractivity contribution in [2.24, 2.45) is 7.05 Å². The Morgan fingerprint density at radius 3 is 2.60 bits per heavy atom. The number of aryl methyl sites for hydroxylation is 1. The first kappa shape index (κ1) is 13.4. The quantitative estimate of drug-likeness (QED) is 0.925. The molecule has 2 aromatic heterocycles. The van der Waals surface area contributed by atoms with Gasteiger partial charge in [-0.1, -0.05) is 6.42 Å². The first-order chi connectivity index (χ1) is 9.38. The molecule has 0 aromatic carbocycles. The number of halogens is 3. The smallest absolute Gasteiger partial charge is 0.384 e. The van der Waals surface area contributed by atoms with E-state index in [2.05, 4.69) is 10.1 Å². The first-order valence-electron chi connectivity index (χ1n) is 6.23. The zero-order valence-electron chi connectivity index (χ0n) is 10.7. The minimum Gasteiger partial charge on any atom is -0.384 e. The Hall–Kier alpha value is -1.57. The van der Waals surface area contributed by atoms with Crippen LogP contribution in [0.3, 0.4) is 0 Å². The van der Waals surface area contributed by atoms with Crippen molar-refractivity contribution in [1.82, 2.24) is 14.8 Å². The van der Waals surface area contributed by atoms with Gasteiger partial charge in [0, 0.05) is 18.8 Å². The lowest BCUT2D eigenvalue weighted by atomic mass is 9.79. The Morgan fingerprint density at radius 2 is 2.10 bits per heavy atom. The number of anilines is 1. The molecule has 0 atom stereocenters. The Labute approximate surface area is 117 Å². The summed E-state index contributed by atoms with van der Waals surface area (Å²) < 4.78 is 39.4. The summed E-state index contributed by atoms with van der Waals surface area (Å²) in [7, 11) is 1.70. The molecule has 1 saturated carbocycles. The molecule has 0 spiro atoms. The molecule has 0 unspecified atom stereocenters. The van der Waals surface area contributed by atoms with E-state index in [1.54, 1.807) is 7.05 Å². The normalized spacial score (nSPS) is 16.4. The zero-order chi connectivity index (χ0) is 14.5. The standard InChI is InChI=1S/C12H13F3N4S/c1-19-10(16)8(6-3-2-4-6)9(18-19)7-5-17-11(20-7)12(13,14)15/h5-6H,2-4,16H2,1H3. The van der Waals surface area contributed by atoms with E-state index < -0.39 is 11.2 Å². The largest absolute Gasteiger partial charge is 0.443 e. The van der Waals surface area contributed by atoms with E-state index in [0.717, 1.165) is 24.8 Å². The first-order valence-corrected chi connectivity index (χ1v) is 7.05. The molecule has 0 radical (unpaired) electrons. The van der Waals surface area contributed by atoms with Crippen LogP contribution in [-0.4, -0.2) is 14.8 Å². The maximum absolute atomic E-state index is 12.6. The number of alkyl halides is 3. The molecule has 1 fully saturated rings. The lowest BCUT2D eigenvalue weighted by Crippen LogP contribution is -2.11. The van der Waals surface area contributed by atoms with Gasteiger partial charge in [0.15, 0.2) is 5.01 Å². The number of hydrogen-bond acceptors (Lipinski definition) is 4. The molecule has 4 nitrogen and oxygen atoms in total. The molecule has 1 aliphatic rings. The van der Waals surface area contributed by atoms with Crippen molar-refractivity contribution < 1.29 is 13.2 Å². The molecule has 3 rings (SSSR count). The molecule has 0 aliphatic heterocycles. The molecular formula is C12H13F3N4S. The van der Waals surface area contributed by atoms with Crippen molar-refractivity contribution >= 4 is 17.2 Å². The highest BCUT2D eigenvalue weighted by Gasteiger charge is 2.36. The monoisotopic (exact) mass is 302 g/mol. The molecule has 108 valence electrons. The number of rotatable bonds is 2. The summed E-state index contributed by atoms with van der Waals surface area (Å²) in [5.74, 6) is 0.835. The highest BCUT2D eigenvalue weighted by molar-refractivity contribution is 7.15. The molecule has 2 N–H and O–H groups in total. The molecule has 2 aromatic rings. The minimum absolute atomic E-state index is 0.301. The van der Waals surface area contributed by atoms with E-state index in [-0.39, 0.29) is 0 Å². The van der Waals surface area contributed by atoms with Crippen LogP contribution in [0.25, 0.3) is 10.6 Å². The third-order valence-corrected chi connectivity index (χ3v) is 4.67. The van der Waals surface area contributed by atoms with Crippen molar-refractivity contribution in [2.75, 3.05) is 5.73 Å². The average Bonchev–Trinajstić information content (AvgIpc) is 2.86. The lowest BCUT2D eigenvalue weighted by molar-refractivity contribution is -0.137. The molecular weight excluding hydrogens is 289 g/mol. The molecule has 0 bridgehead atoms. The summed E-state index contributed by atoms with van der Waals surface area (Å²) in [6.07, 6.45) is -0.0477. The Kier molecular flexibility index (Phi) is 3.00. The summed E-state index contributed by atoms with van der Waals surface area (Å²) in [6, 6.07) is 0. The maximum Gasteiger partial charge on any atom is 0.443 e. The third kappa shape index (κ3) is 2.07. The summed E-state index contributed by atoms with van der Waals surface area (Å²) in [6.45, 7) is 0. The topological polar surface area (TPSA) is 56.7 Å². The summed E-state index contributed by atoms with van der Waals surface area (Å²) >= 11 is 0.614. The number of nitrogens with zero attached hydrogens (tertiary/aromatic N) is 3. The van der Waals surface area contributed by atoms with Crippen LogP contribution in [0.2, 0.25) is 0 Å². The number of hydrogen-bond donors (Lipinski definition) is 1. The van der Waals surface area contributed by atoms with Crippen molar-refractivity contribution in [3.05, 3.63) is 16.8 Å². The second kappa shape index (κ2) is 4.47. The van der Waals surface area contributed by atoms with Gasteiger partial charge in [0.1, 0.15) is 11.5 Å². The van der Waals surface area contributed by atoms with Crippen molar-refractivity contribution in [3.63, 3.8) is 0 Å². The van der Waals surface area contributed by atoms with E-state index in [4.69, 9.17) is 5.73 Å². The van der Waals surface area contributed by atoms with E-state index in [0.29, 0.717) is 33.6 Å². The fraction of sp³-hybridized carbons (Fsp3) is 0.500. The van der Waals surface area contributed by atoms with Gasteiger partial charge in [-0.25, -0.2) is 4.98 Å². The molecule has 0 amide bonds. The second-order valence-corrected chi connectivity index (χ2v) is 5.96. The van der Waals surface area contributed by atoms with Crippen LogP contribution in [0, 0.1) is 0 Å². The molecule has 2 heterocycles. The van der Waals surface area contributed by atoms with E-state index in [9.17, 15) is 13.2 Å². The van der Waals surface area contributed by atoms with E-state index in [1.165, 1.54) is 10.9 Å². The maximum atomic E-state index is 12.6. The summed E-state index contributed by atoms with van der Waals surface area (Å²) in [4.78, 5) is 3.87. The highest BCUT2D eigenvalue weighted by Crippen LogP contribution is 2.45. The summed E-state index contributed by atoms with van der Waals surface area (Å²) in [5, 5.41) is 3.42. The molecule has 1 aliphatic carbocycles. The van der Waals surface area contributed by atoms with Crippen LogP contribution in [0.5, 0.6) is 0 Å². The second-order valence-electron chi connectivity index (χ2n) is 4.93. The van der Waals surface area contributed by atoms with Crippen LogP contribution < -0.4 is 5.73 Å². The van der Waals surface area contributed by atoms with Crippen molar-refractivity contribution in [2.45, 2.75) is 31.4 Å². The number of thiazole rings is 1. The van der Waals surface area contributed by atoms with Gasteiger partial charge in [-0.05, 0) is 18.8 Å². The number of nitrogens with two attached hydrogens (primary N) is 1. The van der Waals surface area contributed by atoms with Crippen LogP contribution in [0.4, 0.5) is 19.0 Å². The van der Waals surface area contributed by atoms with Gasteiger partial charge < -0.3 is 5.73 Å². The minimum atomic E-state index is -4.42. The lowest BCUT2D eigenvalue weighted by Gasteiger charge is -2.25. The van der Waals surface area contributed by atoms with Crippen LogP contribution in [-0.2, 0) is 13.2 Å². The fourth-order valence-electron chi connectivity index (χ4n) is 2.35. The fourth-order valence-corrected chi connectivity index (χ4v) is 3.13. The SMILES string of the molecule is Cn1nc(-c2cnc(C(F)(F)F)s2)c(C2CCC2)c1N. The number of aromatic nitrogens is 3. The molecule has 20 heavy (non-hydrogen) atoms. The third-order valence-electron chi connectivity index (χ3n) is 3.62. The van der Waals surface area contributed by atoms with Crippen LogP contribution in [0.1, 0.15) is 35.8 Å². The van der Waals surface area contributed by atoms with Crippen LogP contribution in [0.15, 0.2) is 6.20 Å². The predicted octanol–water partition coefficient (Wildman–Crippen LogP) is 3.41. The summed E-state index contributed by atoms with van der Waals surface area (Å²) in [5.41, 5.74) is 7.42. The molecule has 8 heteroatoms. The van der Waals surface area contributed by atoms with Crippen molar-refractivity contribution in [1.29, 1.82) is 0 Å². The Bertz CT molecular complexity index is 640. The van der Waals surface area contributed by atoms with E-state index in [1.807, 2.05) is 0 Å². The van der Waals surface area contributed by atoms with Gasteiger partial charge in [0.05, 0.1) is 4.88 Å². The average molecular weight is 302 g/mol. The van der Waals surface area contributed by atoms with Gasteiger partial charge in [-0.2, -0.15) is 18.3 Å². The van der Waals surface area contributed by atoms with Gasteiger partial charge in [0.25, 0.3) is 0 Å². The van der Waals surface area contributed by atoms with Crippen LogP contribution >= 0.6 is 11.3 Å². The number of nitrogen functional groups attached to an aromatic ring is 1. The Balaban J connectivity index is 2.05. The van der Waals surface area contributed by atoms with Gasteiger partial charge in [-0.15, -0.1) is 11.3 Å². The van der Waals surface area contributed by atoms with Gasteiger partial charge in [-0.3, -0.25) is 4.68 Å². The van der Waals surface area contributed by atoms with Gasteiger partial charge >= 0.3 is 6.18 Å². The molecule has 0 saturated heterocycles. The van der Waals surface area contributed by atoms with E-state index >= 15 is 0 Å². The van der Waals surface area contributed by atoms with Crippen molar-refractivity contribution in [3.8, 4) is 10.6 Å². The highest BCUT2D eigenvalue weighted by atomic mass is 32.1. The predicted molar refractivity (Wildman–Crippen MR) is 70.3 cm³/mol.